The molecule has 1 amide bonds. The van der Waals surface area contributed by atoms with E-state index in [4.69, 9.17) is 10.5 Å². The van der Waals surface area contributed by atoms with E-state index in [1.54, 1.807) is 12.3 Å². The van der Waals surface area contributed by atoms with Crippen LogP contribution in [-0.4, -0.2) is 24.0 Å². The maximum atomic E-state index is 14.1. The summed E-state index contributed by atoms with van der Waals surface area (Å²) in [6.45, 7) is 0.701. The quantitative estimate of drug-likeness (QED) is 0.552. The molecule has 0 unspecified atom stereocenters. The van der Waals surface area contributed by atoms with Crippen LogP contribution in [0.3, 0.4) is 0 Å². The number of aromatic nitrogens is 1. The third-order valence-electron chi connectivity index (χ3n) is 4.87. The fourth-order valence-electron chi connectivity index (χ4n) is 3.47. The zero-order valence-electron chi connectivity index (χ0n) is 15.3. The number of hydrogen-bond donors (Lipinski definition) is 3. The number of ether oxygens (including phenoxy) is 1. The van der Waals surface area contributed by atoms with Crippen molar-refractivity contribution in [3.8, 4) is 5.75 Å². The monoisotopic (exact) mass is 401 g/mol. The summed E-state index contributed by atoms with van der Waals surface area (Å²) in [4.78, 5) is 14.3. The molecule has 29 heavy (non-hydrogen) atoms. The van der Waals surface area contributed by atoms with Gasteiger partial charge in [0.25, 0.3) is 5.91 Å². The first-order chi connectivity index (χ1) is 13.9. The number of aromatic amines is 1. The van der Waals surface area contributed by atoms with E-state index < -0.39 is 23.4 Å². The van der Waals surface area contributed by atoms with Gasteiger partial charge >= 0.3 is 0 Å². The number of nitrogens with two attached hydrogens (primary N) is 1. The van der Waals surface area contributed by atoms with Gasteiger partial charge in [-0.25, -0.2) is 13.2 Å². The Morgan fingerprint density at radius 3 is 2.83 bits per heavy atom. The molecule has 0 bridgehead atoms. The summed E-state index contributed by atoms with van der Waals surface area (Å²) in [7, 11) is 0. The van der Waals surface area contributed by atoms with E-state index in [1.165, 1.54) is 18.2 Å². The molecule has 2 aromatic carbocycles. The van der Waals surface area contributed by atoms with Crippen molar-refractivity contribution in [2.24, 2.45) is 5.73 Å². The Hall–Kier alpha value is -3.42. The van der Waals surface area contributed by atoms with Crippen LogP contribution >= 0.6 is 0 Å². The van der Waals surface area contributed by atoms with E-state index in [-0.39, 0.29) is 29.0 Å². The molecule has 3 aromatic rings. The van der Waals surface area contributed by atoms with Crippen LogP contribution in [-0.2, 0) is 6.42 Å². The first-order valence-electron chi connectivity index (χ1n) is 9.08. The van der Waals surface area contributed by atoms with Crippen molar-refractivity contribution in [1.29, 1.82) is 0 Å². The highest BCUT2D eigenvalue weighted by Gasteiger charge is 2.21. The van der Waals surface area contributed by atoms with Crippen LogP contribution in [0, 0.1) is 17.5 Å². The minimum Gasteiger partial charge on any atom is -0.486 e. The van der Waals surface area contributed by atoms with Gasteiger partial charge < -0.3 is 20.8 Å². The molecule has 4 N–H and O–H groups in total. The average Bonchev–Trinajstić information content (AvgIpc) is 3.08. The van der Waals surface area contributed by atoms with Crippen LogP contribution in [0.5, 0.6) is 5.75 Å². The van der Waals surface area contributed by atoms with Crippen LogP contribution in [0.25, 0.3) is 17.0 Å². The largest absolute Gasteiger partial charge is 0.486 e. The predicted octanol–water partition coefficient (Wildman–Crippen LogP) is 3.64. The highest BCUT2D eigenvalue weighted by molar-refractivity contribution is 5.97. The first kappa shape index (κ1) is 18.9. The van der Waals surface area contributed by atoms with Gasteiger partial charge in [0.1, 0.15) is 29.8 Å². The number of carbonyl (C=O) groups excluding carboxylic acids is 1. The number of nitrogens with one attached hydrogen (secondary N) is 2. The summed E-state index contributed by atoms with van der Waals surface area (Å²) in [5.74, 6) is -2.28. The maximum absolute atomic E-state index is 14.1. The molecule has 1 aromatic heterocycles. The van der Waals surface area contributed by atoms with E-state index in [1.807, 2.05) is 0 Å². The second-order valence-electron chi connectivity index (χ2n) is 6.81. The molecule has 1 aliphatic rings. The predicted molar refractivity (Wildman–Crippen MR) is 103 cm³/mol. The number of hydrogen-bond acceptors (Lipinski definition) is 3. The van der Waals surface area contributed by atoms with E-state index >= 15 is 0 Å². The number of aryl methyl sites for hydroxylation is 1. The lowest BCUT2D eigenvalue weighted by Crippen LogP contribution is -2.24. The topological polar surface area (TPSA) is 80.1 Å². The number of rotatable bonds is 6. The van der Waals surface area contributed by atoms with Crippen molar-refractivity contribution in [3.63, 3.8) is 0 Å². The number of benzene rings is 2. The molecule has 0 saturated carbocycles. The number of carbonyl (C=O) groups is 1. The van der Waals surface area contributed by atoms with Crippen LogP contribution in [0.4, 0.5) is 13.2 Å². The van der Waals surface area contributed by atoms with Crippen LogP contribution in [0.15, 0.2) is 36.2 Å². The smallest absolute Gasteiger partial charge is 0.252 e. The minimum absolute atomic E-state index is 0.135. The van der Waals surface area contributed by atoms with Crippen LogP contribution in [0.2, 0.25) is 0 Å². The minimum atomic E-state index is -0.683. The van der Waals surface area contributed by atoms with Crippen molar-refractivity contribution in [1.82, 2.24) is 10.3 Å². The molecule has 5 nitrogen and oxygen atoms in total. The van der Waals surface area contributed by atoms with Crippen LogP contribution < -0.4 is 15.8 Å². The van der Waals surface area contributed by atoms with Gasteiger partial charge in [0.15, 0.2) is 0 Å². The molecule has 0 radical (unpaired) electrons. The fraction of sp³-hybridized carbons (Fsp3) is 0.190. The molecule has 0 atom stereocenters. The summed E-state index contributed by atoms with van der Waals surface area (Å²) >= 11 is 0. The summed E-state index contributed by atoms with van der Waals surface area (Å²) in [6.07, 6.45) is 4.55. The van der Waals surface area contributed by atoms with Crippen molar-refractivity contribution >= 4 is 22.9 Å². The lowest BCUT2D eigenvalue weighted by atomic mass is 10.0. The molecule has 1 aliphatic heterocycles. The number of halogens is 3. The Morgan fingerprint density at radius 2 is 2.03 bits per heavy atom. The molecule has 0 fully saturated rings. The fourth-order valence-corrected chi connectivity index (χ4v) is 3.47. The van der Waals surface area contributed by atoms with Crippen LogP contribution in [0.1, 0.15) is 27.9 Å². The molecule has 0 aliphatic carbocycles. The van der Waals surface area contributed by atoms with Crippen molar-refractivity contribution in [2.75, 3.05) is 13.2 Å². The van der Waals surface area contributed by atoms with Gasteiger partial charge in [-0.05, 0) is 42.7 Å². The van der Waals surface area contributed by atoms with Gasteiger partial charge in [0, 0.05) is 29.9 Å². The molecule has 8 heteroatoms. The summed E-state index contributed by atoms with van der Waals surface area (Å²) in [5.41, 5.74) is 7.38. The molecular formula is C21H18F3N3O2. The average molecular weight is 401 g/mol. The SMILES string of the molecule is NC(=O)c1ccc(F)c2c1OCC(NCCCc1c[nH]c3c(F)cc(F)cc13)=C2. The van der Waals surface area contributed by atoms with Crippen molar-refractivity contribution in [2.45, 2.75) is 12.8 Å². The second-order valence-corrected chi connectivity index (χ2v) is 6.81. The Kier molecular flexibility index (Phi) is 4.92. The summed E-state index contributed by atoms with van der Waals surface area (Å²) in [6, 6.07) is 4.64. The maximum Gasteiger partial charge on any atom is 0.252 e. The van der Waals surface area contributed by atoms with Gasteiger partial charge in [-0.1, -0.05) is 0 Å². The van der Waals surface area contributed by atoms with E-state index in [9.17, 15) is 18.0 Å². The number of fused-ring (bicyclic) bond motifs is 2. The highest BCUT2D eigenvalue weighted by Crippen LogP contribution is 2.32. The zero-order chi connectivity index (χ0) is 20.5. The number of primary amides is 1. The standard InChI is InChI=1S/C21H18F3N3O2/c22-12-6-15-11(9-27-19(15)18(24)7-12)2-1-5-26-13-8-16-17(23)4-3-14(21(25)28)20(16)29-10-13/h3-4,6-9,26-27H,1-2,5,10H2,(H2,25,28). The highest BCUT2D eigenvalue weighted by atomic mass is 19.1. The molecular weight excluding hydrogens is 383 g/mol. The Bertz CT molecular complexity index is 1140. The third kappa shape index (κ3) is 3.65. The number of H-pyrrole nitrogens is 1. The summed E-state index contributed by atoms with van der Waals surface area (Å²) < 4.78 is 46.9. The Morgan fingerprint density at radius 1 is 1.21 bits per heavy atom. The van der Waals surface area contributed by atoms with E-state index in [0.29, 0.717) is 30.5 Å². The second kappa shape index (κ2) is 7.54. The van der Waals surface area contributed by atoms with Gasteiger partial charge in [-0.3, -0.25) is 4.79 Å². The van der Waals surface area contributed by atoms with Crippen molar-refractivity contribution in [3.05, 3.63) is 70.3 Å². The Balaban J connectivity index is 1.42. The summed E-state index contributed by atoms with van der Waals surface area (Å²) in [5, 5.41) is 3.69. The molecule has 150 valence electrons. The van der Waals surface area contributed by atoms with Gasteiger partial charge in [0.2, 0.25) is 0 Å². The third-order valence-corrected chi connectivity index (χ3v) is 4.87. The zero-order valence-corrected chi connectivity index (χ0v) is 15.3. The van der Waals surface area contributed by atoms with E-state index in [0.717, 1.165) is 11.6 Å². The van der Waals surface area contributed by atoms with Gasteiger partial charge in [-0.15, -0.1) is 0 Å². The molecule has 0 spiro atoms. The normalized spacial score (nSPS) is 13.0. The Labute approximate surface area is 164 Å². The van der Waals surface area contributed by atoms with E-state index in [2.05, 4.69) is 10.3 Å². The first-order valence-corrected chi connectivity index (χ1v) is 9.08. The number of amides is 1. The molecule has 4 rings (SSSR count). The van der Waals surface area contributed by atoms with Crippen molar-refractivity contribution < 1.29 is 22.7 Å². The lowest BCUT2D eigenvalue weighted by Gasteiger charge is -2.21. The lowest BCUT2D eigenvalue weighted by molar-refractivity contribution is 0.0996. The van der Waals surface area contributed by atoms with Gasteiger partial charge in [0.05, 0.1) is 16.6 Å². The molecule has 2 heterocycles. The van der Waals surface area contributed by atoms with Gasteiger partial charge in [-0.2, -0.15) is 0 Å². The molecule has 0 saturated heterocycles.